The second kappa shape index (κ2) is 8.75. The standard InChI is InChI=1S/C20H16ClFN4O2S/c1-12-4-5-14(11-16(12)22)18-23-17(28-26-18)3-2-10-29-20-25-24-19(27-20)13-6-8-15(21)9-7-13/h4-9,11H,2-3,10H2,1H3. The molecular weight excluding hydrogens is 415 g/mol. The lowest BCUT2D eigenvalue weighted by Gasteiger charge is -1.97. The van der Waals surface area contributed by atoms with Crippen LogP contribution in [-0.4, -0.2) is 26.1 Å². The Morgan fingerprint density at radius 2 is 1.86 bits per heavy atom. The van der Waals surface area contributed by atoms with Crippen LogP contribution in [0.25, 0.3) is 22.8 Å². The van der Waals surface area contributed by atoms with Crippen molar-refractivity contribution < 1.29 is 13.3 Å². The molecule has 0 aliphatic heterocycles. The van der Waals surface area contributed by atoms with E-state index in [0.29, 0.717) is 45.4 Å². The van der Waals surface area contributed by atoms with Gasteiger partial charge in [0.05, 0.1) is 0 Å². The number of rotatable bonds is 7. The van der Waals surface area contributed by atoms with Gasteiger partial charge in [0.2, 0.25) is 17.6 Å². The van der Waals surface area contributed by atoms with E-state index in [1.807, 2.05) is 12.1 Å². The quantitative estimate of drug-likeness (QED) is 0.278. The zero-order chi connectivity index (χ0) is 20.2. The smallest absolute Gasteiger partial charge is 0.276 e. The lowest BCUT2D eigenvalue weighted by molar-refractivity contribution is 0.378. The Hall–Kier alpha value is -2.71. The van der Waals surface area contributed by atoms with E-state index in [1.165, 1.54) is 17.8 Å². The molecule has 2 aromatic heterocycles. The topological polar surface area (TPSA) is 77.8 Å². The average molecular weight is 431 g/mol. The molecule has 0 saturated carbocycles. The minimum atomic E-state index is -0.289. The zero-order valence-corrected chi connectivity index (χ0v) is 17.0. The van der Waals surface area contributed by atoms with Crippen molar-refractivity contribution in [1.29, 1.82) is 0 Å². The van der Waals surface area contributed by atoms with Crippen molar-refractivity contribution >= 4 is 23.4 Å². The Balaban J connectivity index is 1.28. The molecule has 0 unspecified atom stereocenters. The third-order valence-electron chi connectivity index (χ3n) is 4.16. The van der Waals surface area contributed by atoms with E-state index < -0.39 is 0 Å². The van der Waals surface area contributed by atoms with Gasteiger partial charge in [-0.1, -0.05) is 40.7 Å². The van der Waals surface area contributed by atoms with Gasteiger partial charge >= 0.3 is 0 Å². The first kappa shape index (κ1) is 19.6. The van der Waals surface area contributed by atoms with E-state index in [0.717, 1.165) is 17.7 Å². The first-order valence-electron chi connectivity index (χ1n) is 8.90. The van der Waals surface area contributed by atoms with Crippen LogP contribution < -0.4 is 0 Å². The van der Waals surface area contributed by atoms with Crippen LogP contribution in [-0.2, 0) is 6.42 Å². The third-order valence-corrected chi connectivity index (χ3v) is 5.31. The van der Waals surface area contributed by atoms with E-state index in [2.05, 4.69) is 20.3 Å². The van der Waals surface area contributed by atoms with Crippen molar-refractivity contribution in [3.63, 3.8) is 0 Å². The van der Waals surface area contributed by atoms with Crippen LogP contribution >= 0.6 is 23.4 Å². The van der Waals surface area contributed by atoms with E-state index in [9.17, 15) is 4.39 Å². The summed E-state index contributed by atoms with van der Waals surface area (Å²) < 4.78 is 24.6. The molecule has 0 bridgehead atoms. The highest BCUT2D eigenvalue weighted by atomic mass is 35.5. The third kappa shape index (κ3) is 4.83. The molecule has 148 valence electrons. The predicted molar refractivity (Wildman–Crippen MR) is 108 cm³/mol. The highest BCUT2D eigenvalue weighted by Gasteiger charge is 2.12. The number of aryl methyl sites for hydroxylation is 2. The maximum absolute atomic E-state index is 13.7. The Bertz CT molecular complexity index is 1110. The van der Waals surface area contributed by atoms with E-state index in [-0.39, 0.29) is 5.82 Å². The summed E-state index contributed by atoms with van der Waals surface area (Å²) >= 11 is 7.34. The number of hydrogen-bond acceptors (Lipinski definition) is 7. The molecule has 2 heterocycles. The Labute approximate surface area is 175 Å². The van der Waals surface area contributed by atoms with Gasteiger partial charge in [-0.15, -0.1) is 10.2 Å². The van der Waals surface area contributed by atoms with Crippen LogP contribution in [0.1, 0.15) is 17.9 Å². The fourth-order valence-electron chi connectivity index (χ4n) is 2.57. The molecule has 4 aromatic rings. The summed E-state index contributed by atoms with van der Waals surface area (Å²) in [7, 11) is 0. The van der Waals surface area contributed by atoms with E-state index in [4.69, 9.17) is 20.5 Å². The first-order chi connectivity index (χ1) is 14.1. The normalized spacial score (nSPS) is 11.1. The lowest BCUT2D eigenvalue weighted by atomic mass is 10.1. The van der Waals surface area contributed by atoms with Crippen LogP contribution in [0, 0.1) is 12.7 Å². The predicted octanol–water partition coefficient (Wildman–Crippen LogP) is 5.61. The summed E-state index contributed by atoms with van der Waals surface area (Å²) in [6, 6.07) is 12.1. The molecule has 0 aliphatic carbocycles. The van der Waals surface area contributed by atoms with Crippen LogP contribution in [0.4, 0.5) is 4.39 Å². The minimum Gasteiger partial charge on any atom is -0.411 e. The van der Waals surface area contributed by atoms with Gasteiger partial charge in [-0.2, -0.15) is 4.98 Å². The molecule has 0 amide bonds. The Morgan fingerprint density at radius 1 is 1.07 bits per heavy atom. The van der Waals surface area contributed by atoms with Crippen molar-refractivity contribution in [2.24, 2.45) is 0 Å². The van der Waals surface area contributed by atoms with Crippen molar-refractivity contribution in [2.45, 2.75) is 25.0 Å². The lowest BCUT2D eigenvalue weighted by Crippen LogP contribution is -1.89. The van der Waals surface area contributed by atoms with Gasteiger partial charge in [-0.25, -0.2) is 4.39 Å². The van der Waals surface area contributed by atoms with Gasteiger partial charge in [0.15, 0.2) is 0 Å². The molecule has 0 N–H and O–H groups in total. The number of thioether (sulfide) groups is 1. The van der Waals surface area contributed by atoms with Gasteiger partial charge in [0.1, 0.15) is 5.82 Å². The molecular formula is C20H16ClFN4O2S. The van der Waals surface area contributed by atoms with Crippen LogP contribution in [0.15, 0.2) is 56.6 Å². The second-order valence-corrected chi connectivity index (χ2v) is 7.79. The van der Waals surface area contributed by atoms with Crippen molar-refractivity contribution in [1.82, 2.24) is 20.3 Å². The summed E-state index contributed by atoms with van der Waals surface area (Å²) in [4.78, 5) is 4.33. The molecule has 29 heavy (non-hydrogen) atoms. The molecule has 0 radical (unpaired) electrons. The Kier molecular flexibility index (Phi) is 5.92. The SMILES string of the molecule is Cc1ccc(-c2noc(CCCSc3nnc(-c4ccc(Cl)cc4)o3)n2)cc1F. The number of benzene rings is 2. The number of halogens is 2. The fourth-order valence-corrected chi connectivity index (χ4v) is 3.39. The average Bonchev–Trinajstić information content (AvgIpc) is 3.38. The second-order valence-electron chi connectivity index (χ2n) is 6.31. The largest absolute Gasteiger partial charge is 0.411 e. The molecule has 2 aromatic carbocycles. The molecule has 6 nitrogen and oxygen atoms in total. The van der Waals surface area contributed by atoms with Gasteiger partial charge in [0.25, 0.3) is 5.22 Å². The summed E-state index contributed by atoms with van der Waals surface area (Å²) in [5, 5.41) is 13.2. The van der Waals surface area contributed by atoms with Crippen molar-refractivity contribution in [2.75, 3.05) is 5.75 Å². The van der Waals surface area contributed by atoms with Gasteiger partial charge in [-0.05, 0) is 49.2 Å². The first-order valence-corrected chi connectivity index (χ1v) is 10.3. The monoisotopic (exact) mass is 430 g/mol. The molecule has 0 fully saturated rings. The summed E-state index contributed by atoms with van der Waals surface area (Å²) in [6.07, 6.45) is 1.39. The van der Waals surface area contributed by atoms with Crippen LogP contribution in [0.3, 0.4) is 0 Å². The fraction of sp³-hybridized carbons (Fsp3) is 0.200. The maximum atomic E-state index is 13.7. The van der Waals surface area contributed by atoms with Gasteiger partial charge < -0.3 is 8.94 Å². The number of nitrogens with zero attached hydrogens (tertiary/aromatic N) is 4. The van der Waals surface area contributed by atoms with E-state index in [1.54, 1.807) is 31.2 Å². The molecule has 0 saturated heterocycles. The van der Waals surface area contributed by atoms with Crippen molar-refractivity contribution in [3.8, 4) is 22.8 Å². The summed E-state index contributed by atoms with van der Waals surface area (Å²) in [5.74, 6) is 1.81. The minimum absolute atomic E-state index is 0.289. The molecule has 0 spiro atoms. The van der Waals surface area contributed by atoms with E-state index >= 15 is 0 Å². The summed E-state index contributed by atoms with van der Waals surface area (Å²) in [6.45, 7) is 1.71. The van der Waals surface area contributed by atoms with Gasteiger partial charge in [0, 0.05) is 28.3 Å². The molecule has 0 aliphatic rings. The highest BCUT2D eigenvalue weighted by molar-refractivity contribution is 7.99. The van der Waals surface area contributed by atoms with Crippen LogP contribution in [0.5, 0.6) is 0 Å². The molecule has 9 heteroatoms. The van der Waals surface area contributed by atoms with Crippen LogP contribution in [0.2, 0.25) is 5.02 Å². The maximum Gasteiger partial charge on any atom is 0.276 e. The van der Waals surface area contributed by atoms with Crippen molar-refractivity contribution in [3.05, 3.63) is 64.8 Å². The summed E-state index contributed by atoms with van der Waals surface area (Å²) in [5.41, 5.74) is 1.99. The highest BCUT2D eigenvalue weighted by Crippen LogP contribution is 2.25. The number of hydrogen-bond donors (Lipinski definition) is 0. The number of aromatic nitrogens is 4. The Morgan fingerprint density at radius 3 is 2.66 bits per heavy atom. The van der Waals surface area contributed by atoms with Gasteiger partial charge in [-0.3, -0.25) is 0 Å². The zero-order valence-electron chi connectivity index (χ0n) is 15.4. The molecule has 0 atom stereocenters. The molecule has 4 rings (SSSR count).